The molecule has 3 aromatic rings. The molecular weight excluding hydrogens is 563 g/mol. The van der Waals surface area contributed by atoms with Crippen LogP contribution in [0.15, 0.2) is 36.5 Å². The van der Waals surface area contributed by atoms with E-state index in [0.717, 1.165) is 36.5 Å². The Morgan fingerprint density at radius 3 is 2.71 bits per heavy atom. The standard InChI is InChI=1S/C28H29ClF3N5O4/c1-16-4-5-17-12-21(27(38)34-20-13-18(28(30,31)32)19(29)14-22(20)39-3)36(2)25(17)26(16)41-24-6-7-33-23(35-24)15-37-8-10-40-11-9-37/h4-7,12-14,16,26H,8-11,15H2,1-3H3,(H,34,38). The molecule has 2 aliphatic rings. The highest BCUT2D eigenvalue weighted by Gasteiger charge is 2.35. The fourth-order valence-electron chi connectivity index (χ4n) is 4.95. The lowest BCUT2D eigenvalue weighted by Crippen LogP contribution is -2.36. The second-order valence-electron chi connectivity index (χ2n) is 9.87. The first-order valence-electron chi connectivity index (χ1n) is 13.0. The maximum atomic E-state index is 13.5. The summed E-state index contributed by atoms with van der Waals surface area (Å²) in [5.41, 5.74) is 0.479. The number of amides is 1. The lowest BCUT2D eigenvalue weighted by Gasteiger charge is -2.28. The van der Waals surface area contributed by atoms with Crippen LogP contribution in [0.25, 0.3) is 6.08 Å². The molecule has 1 N–H and O–H groups in total. The van der Waals surface area contributed by atoms with Gasteiger partial charge in [0.15, 0.2) is 0 Å². The monoisotopic (exact) mass is 591 g/mol. The molecule has 2 unspecified atom stereocenters. The summed E-state index contributed by atoms with van der Waals surface area (Å²) in [5, 5.41) is 2.02. The first-order valence-corrected chi connectivity index (χ1v) is 13.4. The second-order valence-corrected chi connectivity index (χ2v) is 10.3. The highest BCUT2D eigenvalue weighted by molar-refractivity contribution is 6.31. The summed E-state index contributed by atoms with van der Waals surface area (Å²) in [6.45, 7) is 5.51. The molecule has 2 atom stereocenters. The van der Waals surface area contributed by atoms with E-state index in [1.165, 1.54) is 7.11 Å². The van der Waals surface area contributed by atoms with E-state index < -0.39 is 28.8 Å². The van der Waals surface area contributed by atoms with Crippen LogP contribution in [0.1, 0.15) is 46.2 Å². The molecule has 0 spiro atoms. The maximum Gasteiger partial charge on any atom is 0.417 e. The summed E-state index contributed by atoms with van der Waals surface area (Å²) >= 11 is 5.81. The predicted octanol–water partition coefficient (Wildman–Crippen LogP) is 5.36. The molecule has 218 valence electrons. The van der Waals surface area contributed by atoms with Crippen molar-refractivity contribution in [1.82, 2.24) is 19.4 Å². The number of rotatable bonds is 7. The predicted molar refractivity (Wildman–Crippen MR) is 146 cm³/mol. The topological polar surface area (TPSA) is 90.7 Å². The number of carbonyl (C=O) groups is 1. The second kappa shape index (κ2) is 11.7. The molecule has 2 aromatic heterocycles. The van der Waals surface area contributed by atoms with Gasteiger partial charge in [-0.25, -0.2) is 4.98 Å². The molecule has 41 heavy (non-hydrogen) atoms. The van der Waals surface area contributed by atoms with Crippen LogP contribution in [0.3, 0.4) is 0 Å². The normalized spacial score (nSPS) is 19.1. The zero-order valence-electron chi connectivity index (χ0n) is 22.7. The third kappa shape index (κ3) is 6.19. The molecule has 1 aromatic carbocycles. The van der Waals surface area contributed by atoms with E-state index >= 15 is 0 Å². The lowest BCUT2D eigenvalue weighted by molar-refractivity contribution is -0.137. The summed E-state index contributed by atoms with van der Waals surface area (Å²) in [4.78, 5) is 24.5. The van der Waals surface area contributed by atoms with Gasteiger partial charge in [0.05, 0.1) is 48.8 Å². The van der Waals surface area contributed by atoms with Crippen LogP contribution in [0.4, 0.5) is 18.9 Å². The van der Waals surface area contributed by atoms with E-state index in [0.29, 0.717) is 31.5 Å². The van der Waals surface area contributed by atoms with Gasteiger partial charge in [-0.05, 0) is 17.7 Å². The van der Waals surface area contributed by atoms with E-state index in [1.807, 2.05) is 19.1 Å². The highest BCUT2D eigenvalue weighted by atomic mass is 35.5. The number of hydrogen-bond acceptors (Lipinski definition) is 7. The van der Waals surface area contributed by atoms with Crippen molar-refractivity contribution in [3.63, 3.8) is 0 Å². The van der Waals surface area contributed by atoms with Crippen LogP contribution < -0.4 is 14.8 Å². The number of hydrogen-bond donors (Lipinski definition) is 1. The van der Waals surface area contributed by atoms with Gasteiger partial charge in [0.2, 0.25) is 5.88 Å². The smallest absolute Gasteiger partial charge is 0.417 e. The molecule has 5 rings (SSSR count). The number of anilines is 1. The highest BCUT2D eigenvalue weighted by Crippen LogP contribution is 2.41. The minimum atomic E-state index is -4.71. The molecule has 3 heterocycles. The molecule has 1 aliphatic heterocycles. The Hall–Kier alpha value is -3.61. The average Bonchev–Trinajstić information content (AvgIpc) is 3.27. The van der Waals surface area contributed by atoms with E-state index in [1.54, 1.807) is 29.9 Å². The van der Waals surface area contributed by atoms with Crippen LogP contribution in [0.2, 0.25) is 5.02 Å². The minimum Gasteiger partial charge on any atom is -0.495 e. The van der Waals surface area contributed by atoms with Crippen molar-refractivity contribution in [2.24, 2.45) is 13.0 Å². The molecule has 1 fully saturated rings. The number of benzene rings is 1. The van der Waals surface area contributed by atoms with E-state index in [2.05, 4.69) is 20.2 Å². The van der Waals surface area contributed by atoms with E-state index in [9.17, 15) is 18.0 Å². The molecule has 0 radical (unpaired) electrons. The Morgan fingerprint density at radius 2 is 2.00 bits per heavy atom. The third-order valence-electron chi connectivity index (χ3n) is 7.11. The van der Waals surface area contributed by atoms with Crippen LogP contribution in [-0.2, 0) is 24.5 Å². The van der Waals surface area contributed by atoms with Crippen LogP contribution in [0, 0.1) is 5.92 Å². The van der Waals surface area contributed by atoms with Gasteiger partial charge in [0, 0.05) is 44.4 Å². The number of halogens is 4. The Kier molecular flexibility index (Phi) is 8.25. The van der Waals surface area contributed by atoms with Crippen molar-refractivity contribution in [3.05, 3.63) is 69.9 Å². The van der Waals surface area contributed by atoms with Gasteiger partial charge in [-0.2, -0.15) is 18.2 Å². The molecule has 9 nitrogen and oxygen atoms in total. The first-order chi connectivity index (χ1) is 19.5. The lowest BCUT2D eigenvalue weighted by atomic mass is 9.93. The number of methoxy groups -OCH3 is 1. The molecule has 1 amide bonds. The quantitative estimate of drug-likeness (QED) is 0.395. The maximum absolute atomic E-state index is 13.5. The Bertz CT molecular complexity index is 1470. The number of nitrogens with one attached hydrogen (secondary N) is 1. The largest absolute Gasteiger partial charge is 0.495 e. The zero-order valence-corrected chi connectivity index (χ0v) is 23.4. The fourth-order valence-corrected chi connectivity index (χ4v) is 5.21. The van der Waals surface area contributed by atoms with Crippen LogP contribution in [0.5, 0.6) is 11.6 Å². The summed E-state index contributed by atoms with van der Waals surface area (Å²) in [6, 6.07) is 5.15. The average molecular weight is 592 g/mol. The van der Waals surface area contributed by atoms with Gasteiger partial charge >= 0.3 is 6.18 Å². The van der Waals surface area contributed by atoms with Crippen molar-refractivity contribution in [2.45, 2.75) is 25.7 Å². The van der Waals surface area contributed by atoms with Crippen molar-refractivity contribution in [3.8, 4) is 11.6 Å². The molecule has 1 aliphatic carbocycles. The molecule has 0 saturated carbocycles. The van der Waals surface area contributed by atoms with Crippen LogP contribution in [-0.4, -0.2) is 58.8 Å². The van der Waals surface area contributed by atoms with Gasteiger partial charge in [-0.15, -0.1) is 0 Å². The van der Waals surface area contributed by atoms with Gasteiger partial charge in [0.25, 0.3) is 5.91 Å². The number of carbonyl (C=O) groups excluding carboxylic acids is 1. The van der Waals surface area contributed by atoms with Crippen molar-refractivity contribution >= 4 is 29.3 Å². The summed E-state index contributed by atoms with van der Waals surface area (Å²) in [6.07, 6.45) is 0.338. The summed E-state index contributed by atoms with van der Waals surface area (Å²) in [5.74, 6) is 0.354. The zero-order chi connectivity index (χ0) is 29.3. The van der Waals surface area contributed by atoms with E-state index in [-0.39, 0.29) is 23.0 Å². The van der Waals surface area contributed by atoms with Crippen molar-refractivity contribution in [1.29, 1.82) is 0 Å². The number of nitrogens with zero attached hydrogens (tertiary/aromatic N) is 4. The van der Waals surface area contributed by atoms with Crippen molar-refractivity contribution < 1.29 is 32.2 Å². The number of alkyl halides is 3. The van der Waals surface area contributed by atoms with Crippen molar-refractivity contribution in [2.75, 3.05) is 38.7 Å². The summed E-state index contributed by atoms with van der Waals surface area (Å²) in [7, 11) is 2.99. The molecular formula is C28H29ClF3N5O4. The number of morpholine rings is 1. The van der Waals surface area contributed by atoms with Gasteiger partial charge in [-0.3, -0.25) is 9.69 Å². The number of ether oxygens (including phenoxy) is 3. The SMILES string of the molecule is COc1cc(Cl)c(C(F)(F)F)cc1NC(=O)c1cc2c(n1C)C(Oc1ccnc(CN3CCOCC3)n1)C(C)C=C2. The summed E-state index contributed by atoms with van der Waals surface area (Å²) < 4.78 is 59.0. The number of fused-ring (bicyclic) bond motifs is 1. The number of aromatic nitrogens is 3. The Balaban J connectivity index is 1.39. The van der Waals surface area contributed by atoms with Gasteiger partial charge < -0.3 is 24.1 Å². The van der Waals surface area contributed by atoms with Crippen LogP contribution >= 0.6 is 11.6 Å². The minimum absolute atomic E-state index is 0.00157. The first kappa shape index (κ1) is 28.9. The molecule has 0 bridgehead atoms. The molecule has 1 saturated heterocycles. The molecule has 13 heteroatoms. The third-order valence-corrected chi connectivity index (χ3v) is 7.42. The Morgan fingerprint density at radius 1 is 1.24 bits per heavy atom. The van der Waals surface area contributed by atoms with E-state index in [4.69, 9.17) is 25.8 Å². The van der Waals surface area contributed by atoms with Gasteiger partial charge in [0.1, 0.15) is 23.4 Å². The fraction of sp³-hybridized carbons (Fsp3) is 0.393. The Labute approximate surface area is 239 Å². The van der Waals surface area contributed by atoms with Gasteiger partial charge in [-0.1, -0.05) is 30.7 Å².